The molecule has 0 aromatic carbocycles. The second-order valence-corrected chi connectivity index (χ2v) is 8.73. The molecule has 1 rings (SSSR count). The number of aromatic nitrogens is 1. The van der Waals surface area contributed by atoms with Gasteiger partial charge in [-0.3, -0.25) is 0 Å². The van der Waals surface area contributed by atoms with E-state index in [9.17, 15) is 9.59 Å². The Kier molecular flexibility index (Phi) is 17.2. The standard InChI is InChI=1S/C27H45NO5/c1-4-6-8-10-11-13-20-32-26(29)24-16-14-17-25(28-24)27(30)33-22-19-23(18-21-31-3)15-12-9-7-5-2/h14,16-17,23H,4-13,15,18-22H2,1-3H3. The van der Waals surface area contributed by atoms with Crippen molar-refractivity contribution in [3.63, 3.8) is 0 Å². The van der Waals surface area contributed by atoms with Gasteiger partial charge in [0.2, 0.25) is 0 Å². The van der Waals surface area contributed by atoms with E-state index in [1.165, 1.54) is 44.9 Å². The summed E-state index contributed by atoms with van der Waals surface area (Å²) in [5.41, 5.74) is 0.282. The van der Waals surface area contributed by atoms with Crippen LogP contribution in [-0.4, -0.2) is 43.9 Å². The smallest absolute Gasteiger partial charge is 0.356 e. The van der Waals surface area contributed by atoms with E-state index in [-0.39, 0.29) is 11.4 Å². The SMILES string of the molecule is CCCCCCCCOC(=O)c1cccc(C(=O)OCCC(CCCCCC)CCOC)n1. The summed E-state index contributed by atoms with van der Waals surface area (Å²) >= 11 is 0. The topological polar surface area (TPSA) is 74.7 Å². The molecule has 1 aromatic rings. The zero-order chi connectivity index (χ0) is 24.2. The summed E-state index contributed by atoms with van der Waals surface area (Å²) < 4.78 is 16.0. The molecule has 0 N–H and O–H groups in total. The van der Waals surface area contributed by atoms with E-state index >= 15 is 0 Å². The molecule has 0 aliphatic carbocycles. The predicted octanol–water partition coefficient (Wildman–Crippen LogP) is 6.77. The van der Waals surface area contributed by atoms with Crippen LogP contribution in [0.25, 0.3) is 0 Å². The number of rotatable bonds is 20. The minimum absolute atomic E-state index is 0.139. The number of pyridine rings is 1. The van der Waals surface area contributed by atoms with Crippen LogP contribution < -0.4 is 0 Å². The van der Waals surface area contributed by atoms with Crippen LogP contribution in [-0.2, 0) is 14.2 Å². The maximum atomic E-state index is 12.4. The van der Waals surface area contributed by atoms with Crippen molar-refractivity contribution in [1.82, 2.24) is 4.98 Å². The Morgan fingerprint density at radius 3 is 1.91 bits per heavy atom. The molecule has 1 atom stereocenters. The summed E-state index contributed by atoms with van der Waals surface area (Å²) in [5.74, 6) is -0.521. The van der Waals surface area contributed by atoms with Crippen LogP contribution in [0.4, 0.5) is 0 Å². The molecular weight excluding hydrogens is 418 g/mol. The second-order valence-electron chi connectivity index (χ2n) is 8.73. The van der Waals surface area contributed by atoms with Crippen molar-refractivity contribution in [3.05, 3.63) is 29.6 Å². The lowest BCUT2D eigenvalue weighted by Gasteiger charge is -2.16. The van der Waals surface area contributed by atoms with Gasteiger partial charge in [0.05, 0.1) is 13.2 Å². The molecule has 6 nitrogen and oxygen atoms in total. The largest absolute Gasteiger partial charge is 0.461 e. The van der Waals surface area contributed by atoms with E-state index in [1.807, 2.05) is 0 Å². The highest BCUT2D eigenvalue weighted by Gasteiger charge is 2.16. The zero-order valence-corrected chi connectivity index (χ0v) is 21.1. The van der Waals surface area contributed by atoms with Crippen molar-refractivity contribution in [2.75, 3.05) is 26.9 Å². The van der Waals surface area contributed by atoms with Gasteiger partial charge in [-0.1, -0.05) is 84.1 Å². The highest BCUT2D eigenvalue weighted by Crippen LogP contribution is 2.19. The Morgan fingerprint density at radius 1 is 0.727 bits per heavy atom. The zero-order valence-electron chi connectivity index (χ0n) is 21.1. The number of carbonyl (C=O) groups excluding carboxylic acids is 2. The maximum Gasteiger partial charge on any atom is 0.356 e. The number of hydrogen-bond acceptors (Lipinski definition) is 6. The molecular formula is C27H45NO5. The third-order valence-electron chi connectivity index (χ3n) is 5.85. The molecule has 188 valence electrons. The van der Waals surface area contributed by atoms with Crippen molar-refractivity contribution in [2.45, 2.75) is 97.3 Å². The molecule has 33 heavy (non-hydrogen) atoms. The van der Waals surface area contributed by atoms with Gasteiger partial charge in [0.15, 0.2) is 0 Å². The minimum atomic E-state index is -0.503. The Hall–Kier alpha value is -1.95. The van der Waals surface area contributed by atoms with Crippen LogP contribution in [0, 0.1) is 5.92 Å². The molecule has 0 aliphatic heterocycles. The van der Waals surface area contributed by atoms with Gasteiger partial charge >= 0.3 is 11.9 Å². The summed E-state index contributed by atoms with van der Waals surface area (Å²) in [6, 6.07) is 4.78. The normalized spacial score (nSPS) is 11.8. The maximum absolute atomic E-state index is 12.4. The average molecular weight is 464 g/mol. The van der Waals surface area contributed by atoms with E-state index in [0.29, 0.717) is 19.1 Å². The molecule has 6 heteroatoms. The van der Waals surface area contributed by atoms with Crippen LogP contribution in [0.2, 0.25) is 0 Å². The fourth-order valence-corrected chi connectivity index (χ4v) is 3.75. The number of ether oxygens (including phenoxy) is 3. The molecule has 1 aromatic heterocycles. The lowest BCUT2D eigenvalue weighted by Crippen LogP contribution is -2.15. The monoisotopic (exact) mass is 463 g/mol. The first-order valence-electron chi connectivity index (χ1n) is 12.9. The Balaban J connectivity index is 2.41. The van der Waals surface area contributed by atoms with Gasteiger partial charge in [-0.05, 0) is 37.3 Å². The van der Waals surface area contributed by atoms with E-state index < -0.39 is 11.9 Å². The quantitative estimate of drug-likeness (QED) is 0.157. The van der Waals surface area contributed by atoms with Gasteiger partial charge in [-0.25, -0.2) is 14.6 Å². The Morgan fingerprint density at radius 2 is 1.27 bits per heavy atom. The first-order valence-corrected chi connectivity index (χ1v) is 12.9. The van der Waals surface area contributed by atoms with Gasteiger partial charge in [0.1, 0.15) is 11.4 Å². The van der Waals surface area contributed by atoms with E-state index in [1.54, 1.807) is 25.3 Å². The molecule has 0 bridgehead atoms. The number of methoxy groups -OCH3 is 1. The van der Waals surface area contributed by atoms with Gasteiger partial charge in [-0.2, -0.15) is 0 Å². The van der Waals surface area contributed by atoms with Gasteiger partial charge < -0.3 is 14.2 Å². The molecule has 0 amide bonds. The summed E-state index contributed by atoms with van der Waals surface area (Å²) in [5, 5.41) is 0. The first-order chi connectivity index (χ1) is 16.1. The van der Waals surface area contributed by atoms with E-state index in [0.717, 1.165) is 45.1 Å². The number of carbonyl (C=O) groups is 2. The lowest BCUT2D eigenvalue weighted by molar-refractivity contribution is 0.0463. The summed E-state index contributed by atoms with van der Waals surface area (Å²) in [6.07, 6.45) is 14.6. The van der Waals surface area contributed by atoms with Crippen molar-refractivity contribution in [2.24, 2.45) is 5.92 Å². The van der Waals surface area contributed by atoms with Gasteiger partial charge in [0.25, 0.3) is 0 Å². The first kappa shape index (κ1) is 29.1. The molecule has 1 unspecified atom stereocenters. The second kappa shape index (κ2) is 19.5. The van der Waals surface area contributed by atoms with Crippen LogP contribution in [0.1, 0.15) is 118 Å². The van der Waals surface area contributed by atoms with Crippen LogP contribution in [0.3, 0.4) is 0 Å². The highest BCUT2D eigenvalue weighted by molar-refractivity contribution is 5.91. The third-order valence-corrected chi connectivity index (χ3v) is 5.85. The number of hydrogen-bond donors (Lipinski definition) is 0. The van der Waals surface area contributed by atoms with Gasteiger partial charge in [0, 0.05) is 13.7 Å². The van der Waals surface area contributed by atoms with E-state index in [4.69, 9.17) is 14.2 Å². The molecule has 0 saturated carbocycles. The van der Waals surface area contributed by atoms with Crippen molar-refractivity contribution in [1.29, 1.82) is 0 Å². The highest BCUT2D eigenvalue weighted by atomic mass is 16.5. The van der Waals surface area contributed by atoms with Crippen LogP contribution >= 0.6 is 0 Å². The van der Waals surface area contributed by atoms with Crippen LogP contribution in [0.15, 0.2) is 18.2 Å². The van der Waals surface area contributed by atoms with Crippen molar-refractivity contribution >= 4 is 11.9 Å². The average Bonchev–Trinajstić information content (AvgIpc) is 2.84. The van der Waals surface area contributed by atoms with Crippen molar-refractivity contribution < 1.29 is 23.8 Å². The fraction of sp³-hybridized carbons (Fsp3) is 0.741. The number of nitrogens with zero attached hydrogens (tertiary/aromatic N) is 1. The Bertz CT molecular complexity index is 649. The fourth-order valence-electron chi connectivity index (χ4n) is 3.75. The third kappa shape index (κ3) is 14.0. The molecule has 1 heterocycles. The molecule has 0 radical (unpaired) electrons. The predicted molar refractivity (Wildman–Crippen MR) is 132 cm³/mol. The van der Waals surface area contributed by atoms with E-state index in [2.05, 4.69) is 18.8 Å². The van der Waals surface area contributed by atoms with Crippen molar-refractivity contribution in [3.8, 4) is 0 Å². The molecule has 0 aliphatic rings. The molecule has 0 saturated heterocycles. The minimum Gasteiger partial charge on any atom is -0.461 e. The van der Waals surface area contributed by atoms with Gasteiger partial charge in [-0.15, -0.1) is 0 Å². The summed E-state index contributed by atoms with van der Waals surface area (Å²) in [6.45, 7) is 5.84. The summed E-state index contributed by atoms with van der Waals surface area (Å²) in [4.78, 5) is 28.9. The van der Waals surface area contributed by atoms with Crippen LogP contribution in [0.5, 0.6) is 0 Å². The molecule has 0 fully saturated rings. The Labute approximate surface area is 200 Å². The number of esters is 2. The number of unbranched alkanes of at least 4 members (excludes halogenated alkanes) is 8. The molecule has 0 spiro atoms. The summed E-state index contributed by atoms with van der Waals surface area (Å²) in [7, 11) is 1.71. The lowest BCUT2D eigenvalue weighted by atomic mass is 9.95.